The van der Waals surface area contributed by atoms with E-state index in [9.17, 15) is 19.5 Å². The number of carbonyl (C=O) groups excluding carboxylic acids is 2. The molecule has 0 aromatic heterocycles. The van der Waals surface area contributed by atoms with E-state index >= 15 is 0 Å². The lowest BCUT2D eigenvalue weighted by atomic mass is 9.72. The second kappa shape index (κ2) is 9.18. The number of hydrogen-bond donors (Lipinski definition) is 2. The van der Waals surface area contributed by atoms with E-state index in [2.05, 4.69) is 10.5 Å². The molecule has 9 heteroatoms. The molecule has 0 bridgehead atoms. The van der Waals surface area contributed by atoms with Crippen LogP contribution in [-0.2, 0) is 19.1 Å². The van der Waals surface area contributed by atoms with Gasteiger partial charge in [-0.2, -0.15) is 5.10 Å². The molecule has 1 aromatic carbocycles. The van der Waals surface area contributed by atoms with Crippen LogP contribution < -0.4 is 5.43 Å². The van der Waals surface area contributed by atoms with Gasteiger partial charge in [-0.05, 0) is 60.6 Å². The Morgan fingerprint density at radius 3 is 2.12 bits per heavy atom. The SMILES string of the molecule is CC(C)(C)OC(=O)N1CC/C(=N\Nc2ccccc2)C(C)(C(=O)OC(C)(C)C)[C@@H]1C(=O)O. The average Bonchev–Trinajstić information content (AvgIpc) is 2.64. The van der Waals surface area contributed by atoms with Crippen molar-refractivity contribution in [2.45, 2.75) is 72.1 Å². The van der Waals surface area contributed by atoms with Gasteiger partial charge in [0.25, 0.3) is 0 Å². The standard InChI is InChI=1S/C23H33N3O6/c1-21(2,3)31-19(29)23(7)16(25-24-15-11-9-8-10-12-15)13-14-26(17(23)18(27)28)20(30)32-22(4,5)6/h8-12,17,24H,13-14H2,1-7H3,(H,27,28)/b25-16+/t17-,23?/m0/s1. The van der Waals surface area contributed by atoms with Crippen molar-refractivity contribution in [2.24, 2.45) is 10.5 Å². The minimum Gasteiger partial charge on any atom is -0.480 e. The van der Waals surface area contributed by atoms with Crippen molar-refractivity contribution in [2.75, 3.05) is 12.0 Å². The van der Waals surface area contributed by atoms with Crippen LogP contribution in [0.5, 0.6) is 0 Å². The molecule has 32 heavy (non-hydrogen) atoms. The van der Waals surface area contributed by atoms with Crippen molar-refractivity contribution in [3.8, 4) is 0 Å². The molecule has 1 amide bonds. The molecule has 1 heterocycles. The number of hydrogen-bond acceptors (Lipinski definition) is 7. The molecular weight excluding hydrogens is 414 g/mol. The highest BCUT2D eigenvalue weighted by atomic mass is 16.6. The van der Waals surface area contributed by atoms with E-state index < -0.39 is 40.7 Å². The first-order chi connectivity index (χ1) is 14.6. The number of nitrogens with one attached hydrogen (secondary N) is 1. The maximum Gasteiger partial charge on any atom is 0.411 e. The van der Waals surface area contributed by atoms with Gasteiger partial charge in [0.15, 0.2) is 6.04 Å². The van der Waals surface area contributed by atoms with Gasteiger partial charge >= 0.3 is 18.0 Å². The second-order valence-corrected chi connectivity index (χ2v) is 9.91. The highest BCUT2D eigenvalue weighted by Gasteiger charge is 2.58. The Balaban J connectivity index is 2.53. The highest BCUT2D eigenvalue weighted by Crippen LogP contribution is 2.37. The highest BCUT2D eigenvalue weighted by molar-refractivity contribution is 6.12. The van der Waals surface area contributed by atoms with Crippen LogP contribution >= 0.6 is 0 Å². The van der Waals surface area contributed by atoms with Gasteiger partial charge in [0, 0.05) is 13.0 Å². The van der Waals surface area contributed by atoms with E-state index in [4.69, 9.17) is 9.47 Å². The number of rotatable bonds is 4. The van der Waals surface area contributed by atoms with Gasteiger partial charge in [-0.15, -0.1) is 0 Å². The summed E-state index contributed by atoms with van der Waals surface area (Å²) in [5, 5.41) is 14.5. The maximum atomic E-state index is 13.4. The number of amides is 1. The Bertz CT molecular complexity index is 885. The van der Waals surface area contributed by atoms with Crippen LogP contribution in [0.25, 0.3) is 0 Å². The average molecular weight is 448 g/mol. The first-order valence-electron chi connectivity index (χ1n) is 10.5. The molecule has 0 spiro atoms. The van der Waals surface area contributed by atoms with Crippen LogP contribution in [0.3, 0.4) is 0 Å². The van der Waals surface area contributed by atoms with Gasteiger partial charge in [0.05, 0.1) is 11.4 Å². The summed E-state index contributed by atoms with van der Waals surface area (Å²) in [6.07, 6.45) is -0.645. The zero-order chi connectivity index (χ0) is 24.3. The monoisotopic (exact) mass is 447 g/mol. The Morgan fingerprint density at radius 1 is 1.06 bits per heavy atom. The molecule has 0 saturated carbocycles. The molecule has 1 aromatic rings. The third kappa shape index (κ3) is 5.99. The van der Waals surface area contributed by atoms with Crippen LogP contribution in [-0.4, -0.2) is 57.5 Å². The largest absolute Gasteiger partial charge is 0.480 e. The number of para-hydroxylation sites is 1. The van der Waals surface area contributed by atoms with Crippen LogP contribution in [0.4, 0.5) is 10.5 Å². The summed E-state index contributed by atoms with van der Waals surface area (Å²) in [6.45, 7) is 11.6. The van der Waals surface area contributed by atoms with Gasteiger partial charge in [0.2, 0.25) is 0 Å². The molecule has 2 N–H and O–H groups in total. The lowest BCUT2D eigenvalue weighted by molar-refractivity contribution is -0.171. The molecule has 176 valence electrons. The molecule has 1 saturated heterocycles. The molecule has 1 aliphatic rings. The van der Waals surface area contributed by atoms with Gasteiger partial charge in [0.1, 0.15) is 16.6 Å². The number of carboxylic acids is 1. The van der Waals surface area contributed by atoms with Crippen molar-refractivity contribution < 1.29 is 29.0 Å². The third-order valence-electron chi connectivity index (χ3n) is 4.83. The number of piperidine rings is 1. The Morgan fingerprint density at radius 2 is 1.62 bits per heavy atom. The normalized spacial score (nSPS) is 22.9. The van der Waals surface area contributed by atoms with Gasteiger partial charge in [-0.1, -0.05) is 18.2 Å². The van der Waals surface area contributed by atoms with Crippen LogP contribution in [0, 0.1) is 5.41 Å². The number of anilines is 1. The van der Waals surface area contributed by atoms with Crippen LogP contribution in [0.1, 0.15) is 54.9 Å². The number of ether oxygens (including phenoxy) is 2. The number of nitrogens with zero attached hydrogens (tertiary/aromatic N) is 2. The van der Waals surface area contributed by atoms with Crippen molar-refractivity contribution >= 4 is 29.4 Å². The van der Waals surface area contributed by atoms with E-state index in [0.717, 1.165) is 4.90 Å². The van der Waals surface area contributed by atoms with E-state index in [1.165, 1.54) is 6.92 Å². The predicted molar refractivity (Wildman–Crippen MR) is 120 cm³/mol. The molecule has 0 radical (unpaired) electrons. The van der Waals surface area contributed by atoms with E-state index in [1.807, 2.05) is 18.2 Å². The number of esters is 1. The minimum atomic E-state index is -1.74. The lowest BCUT2D eigenvalue weighted by Gasteiger charge is -2.45. The van der Waals surface area contributed by atoms with Gasteiger partial charge in [-0.25, -0.2) is 9.59 Å². The minimum absolute atomic E-state index is 0.0274. The number of likely N-dealkylation sites (tertiary alicyclic amines) is 1. The summed E-state index contributed by atoms with van der Waals surface area (Å²) >= 11 is 0. The fraction of sp³-hybridized carbons (Fsp3) is 0.565. The number of carboxylic acid groups (broad SMARTS) is 1. The zero-order valence-corrected chi connectivity index (χ0v) is 19.8. The van der Waals surface area contributed by atoms with Crippen molar-refractivity contribution in [3.05, 3.63) is 30.3 Å². The molecule has 2 atom stereocenters. The molecule has 1 aliphatic heterocycles. The van der Waals surface area contributed by atoms with Crippen LogP contribution in [0.2, 0.25) is 0 Å². The number of hydrazone groups is 1. The first kappa shape index (κ1) is 25.2. The molecule has 1 fully saturated rings. The molecular formula is C23H33N3O6. The summed E-state index contributed by atoms with van der Waals surface area (Å²) < 4.78 is 11.0. The number of benzene rings is 1. The van der Waals surface area contributed by atoms with E-state index in [1.54, 1.807) is 53.7 Å². The topological polar surface area (TPSA) is 118 Å². The summed E-state index contributed by atoms with van der Waals surface area (Å²) in [4.78, 5) is 39.7. The Labute approximate surface area is 188 Å². The Hall–Kier alpha value is -3.10. The van der Waals surface area contributed by atoms with E-state index in [0.29, 0.717) is 5.69 Å². The van der Waals surface area contributed by atoms with Crippen molar-refractivity contribution in [1.82, 2.24) is 4.90 Å². The molecule has 1 unspecified atom stereocenters. The maximum absolute atomic E-state index is 13.4. The lowest BCUT2D eigenvalue weighted by Crippen LogP contribution is -2.65. The number of aliphatic carboxylic acids is 1. The fourth-order valence-corrected chi connectivity index (χ4v) is 3.41. The predicted octanol–water partition coefficient (Wildman–Crippen LogP) is 3.90. The summed E-state index contributed by atoms with van der Waals surface area (Å²) in [5.74, 6) is -2.13. The summed E-state index contributed by atoms with van der Waals surface area (Å²) in [6, 6.07) is 7.51. The first-order valence-corrected chi connectivity index (χ1v) is 10.5. The van der Waals surface area contributed by atoms with E-state index in [-0.39, 0.29) is 18.7 Å². The van der Waals surface area contributed by atoms with Gasteiger partial charge < -0.3 is 14.6 Å². The van der Waals surface area contributed by atoms with Crippen molar-refractivity contribution in [3.63, 3.8) is 0 Å². The smallest absolute Gasteiger partial charge is 0.411 e. The fourth-order valence-electron chi connectivity index (χ4n) is 3.41. The number of carbonyl (C=O) groups is 3. The molecule has 0 aliphatic carbocycles. The molecule has 9 nitrogen and oxygen atoms in total. The molecule has 2 rings (SSSR count). The second-order valence-electron chi connectivity index (χ2n) is 9.91. The summed E-state index contributed by atoms with van der Waals surface area (Å²) in [5.41, 5.74) is 0.403. The Kier molecular flexibility index (Phi) is 7.22. The quantitative estimate of drug-likeness (QED) is 0.531. The van der Waals surface area contributed by atoms with Crippen LogP contribution in [0.15, 0.2) is 35.4 Å². The van der Waals surface area contributed by atoms with Gasteiger partial charge in [-0.3, -0.25) is 15.1 Å². The van der Waals surface area contributed by atoms with Crippen molar-refractivity contribution in [1.29, 1.82) is 0 Å². The third-order valence-corrected chi connectivity index (χ3v) is 4.83. The summed E-state index contributed by atoms with van der Waals surface area (Å²) in [7, 11) is 0. The zero-order valence-electron chi connectivity index (χ0n) is 19.8.